The average molecular weight is 255 g/mol. The van der Waals surface area contributed by atoms with Crippen LogP contribution < -0.4 is 11.1 Å². The second-order valence-corrected chi connectivity index (χ2v) is 4.56. The van der Waals surface area contributed by atoms with Gasteiger partial charge in [0.25, 0.3) is 5.91 Å². The van der Waals surface area contributed by atoms with Crippen LogP contribution in [0.5, 0.6) is 0 Å². The topological polar surface area (TPSA) is 68.0 Å². The van der Waals surface area contributed by atoms with Gasteiger partial charge in [-0.25, -0.2) is 0 Å². The molecule has 98 valence electrons. The first-order valence-electron chi connectivity index (χ1n) is 6.12. The van der Waals surface area contributed by atoms with Gasteiger partial charge in [0.05, 0.1) is 0 Å². The molecule has 4 heteroatoms. The number of amides is 1. The summed E-state index contributed by atoms with van der Waals surface area (Å²) in [6.45, 7) is 4.28. The first-order chi connectivity index (χ1) is 9.06. The summed E-state index contributed by atoms with van der Waals surface area (Å²) in [7, 11) is 0. The minimum atomic E-state index is -0.108. The van der Waals surface area contributed by atoms with Crippen molar-refractivity contribution in [2.24, 2.45) is 0 Å². The lowest BCUT2D eigenvalue weighted by Crippen LogP contribution is -2.23. The molecule has 0 aliphatic rings. The third-order valence-corrected chi connectivity index (χ3v) is 2.96. The van der Waals surface area contributed by atoms with E-state index in [0.717, 1.165) is 16.8 Å². The first-order valence-corrected chi connectivity index (χ1v) is 6.12. The maximum Gasteiger partial charge on any atom is 0.251 e. The molecule has 0 saturated carbocycles. The van der Waals surface area contributed by atoms with Gasteiger partial charge in [0.2, 0.25) is 0 Å². The Morgan fingerprint density at radius 2 is 2.05 bits per heavy atom. The third-order valence-electron chi connectivity index (χ3n) is 2.96. The second-order valence-electron chi connectivity index (χ2n) is 4.56. The molecular formula is C15H17N3O. The standard InChI is InChI=1S/C15H17N3O/c1-10-7-13(5-6-14(10)16)15(19)18-9-12-4-3-11(2)17-8-12/h3-8H,9,16H2,1-2H3,(H,18,19). The molecule has 1 heterocycles. The van der Waals surface area contributed by atoms with Crippen LogP contribution in [0.25, 0.3) is 0 Å². The van der Waals surface area contributed by atoms with Crippen LogP contribution in [0.3, 0.4) is 0 Å². The minimum Gasteiger partial charge on any atom is -0.399 e. The van der Waals surface area contributed by atoms with E-state index in [-0.39, 0.29) is 5.91 Å². The fourth-order valence-corrected chi connectivity index (χ4v) is 1.70. The molecule has 0 atom stereocenters. The van der Waals surface area contributed by atoms with E-state index in [9.17, 15) is 4.79 Å². The maximum atomic E-state index is 12.0. The third kappa shape index (κ3) is 3.31. The molecular weight excluding hydrogens is 238 g/mol. The second kappa shape index (κ2) is 5.52. The van der Waals surface area contributed by atoms with Gasteiger partial charge in [0.15, 0.2) is 0 Å². The summed E-state index contributed by atoms with van der Waals surface area (Å²) in [4.78, 5) is 16.2. The van der Waals surface area contributed by atoms with Crippen molar-refractivity contribution in [3.8, 4) is 0 Å². The van der Waals surface area contributed by atoms with Crippen molar-refractivity contribution in [1.29, 1.82) is 0 Å². The summed E-state index contributed by atoms with van der Waals surface area (Å²) in [6, 6.07) is 9.15. The van der Waals surface area contributed by atoms with E-state index in [2.05, 4.69) is 10.3 Å². The molecule has 3 N–H and O–H groups in total. The zero-order chi connectivity index (χ0) is 13.8. The number of carbonyl (C=O) groups is 1. The van der Waals surface area contributed by atoms with Gasteiger partial charge in [-0.3, -0.25) is 9.78 Å². The maximum absolute atomic E-state index is 12.0. The lowest BCUT2D eigenvalue weighted by Gasteiger charge is -2.07. The Morgan fingerprint density at radius 1 is 1.26 bits per heavy atom. The van der Waals surface area contributed by atoms with E-state index in [4.69, 9.17) is 5.73 Å². The molecule has 2 rings (SSSR count). The van der Waals surface area contributed by atoms with Crippen LogP contribution in [0.1, 0.15) is 27.2 Å². The number of hydrogen-bond acceptors (Lipinski definition) is 3. The summed E-state index contributed by atoms with van der Waals surface area (Å²) < 4.78 is 0. The summed E-state index contributed by atoms with van der Waals surface area (Å²) >= 11 is 0. The number of anilines is 1. The van der Waals surface area contributed by atoms with Gasteiger partial charge in [-0.2, -0.15) is 0 Å². The Kier molecular flexibility index (Phi) is 3.80. The lowest BCUT2D eigenvalue weighted by atomic mass is 10.1. The van der Waals surface area contributed by atoms with Crippen molar-refractivity contribution in [1.82, 2.24) is 10.3 Å². The normalized spacial score (nSPS) is 10.2. The molecule has 0 saturated heterocycles. The van der Waals surface area contributed by atoms with Gasteiger partial charge >= 0.3 is 0 Å². The zero-order valence-corrected chi connectivity index (χ0v) is 11.1. The predicted molar refractivity (Wildman–Crippen MR) is 75.7 cm³/mol. The number of aromatic nitrogens is 1. The molecule has 4 nitrogen and oxygen atoms in total. The molecule has 19 heavy (non-hydrogen) atoms. The Balaban J connectivity index is 2.01. The van der Waals surface area contributed by atoms with Gasteiger partial charge < -0.3 is 11.1 Å². The average Bonchev–Trinajstić information content (AvgIpc) is 2.41. The molecule has 1 amide bonds. The highest BCUT2D eigenvalue weighted by atomic mass is 16.1. The summed E-state index contributed by atoms with van der Waals surface area (Å²) in [5, 5.41) is 2.86. The number of hydrogen-bond donors (Lipinski definition) is 2. The highest BCUT2D eigenvalue weighted by Crippen LogP contribution is 2.12. The number of benzene rings is 1. The molecule has 1 aromatic carbocycles. The number of aryl methyl sites for hydroxylation is 2. The minimum absolute atomic E-state index is 0.108. The first kappa shape index (κ1) is 13.1. The number of rotatable bonds is 3. The molecule has 0 aliphatic carbocycles. The quantitative estimate of drug-likeness (QED) is 0.826. The molecule has 0 bridgehead atoms. The van der Waals surface area contributed by atoms with Crippen LogP contribution in [0, 0.1) is 13.8 Å². The van der Waals surface area contributed by atoms with Crippen LogP contribution in [-0.2, 0) is 6.54 Å². The summed E-state index contributed by atoms with van der Waals surface area (Å²) in [6.07, 6.45) is 1.77. The predicted octanol–water partition coefficient (Wildman–Crippen LogP) is 2.21. The molecule has 0 spiro atoms. The molecule has 0 unspecified atom stereocenters. The Morgan fingerprint density at radius 3 is 2.68 bits per heavy atom. The molecule has 0 fully saturated rings. The largest absolute Gasteiger partial charge is 0.399 e. The lowest BCUT2D eigenvalue weighted by molar-refractivity contribution is 0.0951. The number of nitrogen functional groups attached to an aromatic ring is 1. The van der Waals surface area contributed by atoms with Gasteiger partial charge in [0.1, 0.15) is 0 Å². The van der Waals surface area contributed by atoms with E-state index in [1.165, 1.54) is 0 Å². The van der Waals surface area contributed by atoms with Crippen molar-refractivity contribution >= 4 is 11.6 Å². The van der Waals surface area contributed by atoms with Crippen LogP contribution >= 0.6 is 0 Å². The van der Waals surface area contributed by atoms with Crippen molar-refractivity contribution in [3.05, 3.63) is 58.9 Å². The van der Waals surface area contributed by atoms with Gasteiger partial charge in [-0.15, -0.1) is 0 Å². The molecule has 1 aromatic heterocycles. The number of nitrogens with zero attached hydrogens (tertiary/aromatic N) is 1. The van der Waals surface area contributed by atoms with E-state index < -0.39 is 0 Å². The van der Waals surface area contributed by atoms with Gasteiger partial charge in [-0.1, -0.05) is 6.07 Å². The number of nitrogens with one attached hydrogen (secondary N) is 1. The highest BCUT2D eigenvalue weighted by molar-refractivity contribution is 5.94. The Labute approximate surface area is 112 Å². The van der Waals surface area contributed by atoms with Crippen LogP contribution in [-0.4, -0.2) is 10.9 Å². The van der Waals surface area contributed by atoms with Crippen LogP contribution in [0.15, 0.2) is 36.5 Å². The molecule has 0 aliphatic heterocycles. The Hall–Kier alpha value is -2.36. The van der Waals surface area contributed by atoms with Crippen LogP contribution in [0.4, 0.5) is 5.69 Å². The van der Waals surface area contributed by atoms with Crippen molar-refractivity contribution in [3.63, 3.8) is 0 Å². The van der Waals surface area contributed by atoms with Crippen molar-refractivity contribution in [2.45, 2.75) is 20.4 Å². The fourth-order valence-electron chi connectivity index (χ4n) is 1.70. The van der Waals surface area contributed by atoms with Crippen molar-refractivity contribution < 1.29 is 4.79 Å². The van der Waals surface area contributed by atoms with E-state index in [0.29, 0.717) is 17.8 Å². The van der Waals surface area contributed by atoms with Crippen LogP contribution in [0.2, 0.25) is 0 Å². The van der Waals surface area contributed by atoms with E-state index >= 15 is 0 Å². The molecule has 0 radical (unpaired) electrons. The smallest absolute Gasteiger partial charge is 0.251 e. The zero-order valence-electron chi connectivity index (χ0n) is 11.1. The fraction of sp³-hybridized carbons (Fsp3) is 0.200. The van der Waals surface area contributed by atoms with E-state index in [1.54, 1.807) is 24.4 Å². The molecule has 2 aromatic rings. The monoisotopic (exact) mass is 255 g/mol. The number of carbonyl (C=O) groups excluding carboxylic acids is 1. The number of pyridine rings is 1. The van der Waals surface area contributed by atoms with Crippen molar-refractivity contribution in [2.75, 3.05) is 5.73 Å². The highest BCUT2D eigenvalue weighted by Gasteiger charge is 2.06. The SMILES string of the molecule is Cc1ccc(CNC(=O)c2ccc(N)c(C)c2)cn1. The number of nitrogens with two attached hydrogens (primary N) is 1. The summed E-state index contributed by atoms with van der Waals surface area (Å²) in [5.74, 6) is -0.108. The van der Waals surface area contributed by atoms with Gasteiger partial charge in [0, 0.05) is 29.7 Å². The van der Waals surface area contributed by atoms with E-state index in [1.807, 2.05) is 26.0 Å². The Bertz CT molecular complexity index is 591. The van der Waals surface area contributed by atoms with Gasteiger partial charge in [-0.05, 0) is 49.2 Å². The summed E-state index contributed by atoms with van der Waals surface area (Å²) in [5.41, 5.74) is 9.89.